The molecule has 3 amide bonds. The number of rotatable bonds is 8. The second-order valence-corrected chi connectivity index (χ2v) is 5.20. The van der Waals surface area contributed by atoms with Gasteiger partial charge in [-0.15, -0.1) is 0 Å². The van der Waals surface area contributed by atoms with Gasteiger partial charge in [-0.25, -0.2) is 4.39 Å². The second kappa shape index (κ2) is 8.26. The molecule has 1 aliphatic rings. The van der Waals surface area contributed by atoms with E-state index >= 15 is 0 Å². The number of amides is 3. The number of halogens is 1. The fourth-order valence-electron chi connectivity index (χ4n) is 2.19. The van der Waals surface area contributed by atoms with Gasteiger partial charge in [-0.2, -0.15) is 0 Å². The summed E-state index contributed by atoms with van der Waals surface area (Å²) in [6, 6.07) is 5.71. The summed E-state index contributed by atoms with van der Waals surface area (Å²) >= 11 is 0. The van der Waals surface area contributed by atoms with Gasteiger partial charge < -0.3 is 10.1 Å². The molecule has 0 spiro atoms. The zero-order chi connectivity index (χ0) is 16.7. The Hall–Kier alpha value is -2.44. The van der Waals surface area contributed by atoms with Crippen molar-refractivity contribution in [3.8, 4) is 5.75 Å². The fourth-order valence-corrected chi connectivity index (χ4v) is 2.19. The van der Waals surface area contributed by atoms with Gasteiger partial charge in [0.25, 0.3) is 0 Å². The summed E-state index contributed by atoms with van der Waals surface area (Å²) in [5.74, 6) is -0.381. The summed E-state index contributed by atoms with van der Waals surface area (Å²) in [5, 5.41) is 2.70. The van der Waals surface area contributed by atoms with Crippen LogP contribution >= 0.6 is 0 Å². The highest BCUT2D eigenvalue weighted by Gasteiger charge is 2.28. The summed E-state index contributed by atoms with van der Waals surface area (Å²) < 4.78 is 18.1. The second-order valence-electron chi connectivity index (χ2n) is 5.20. The Bertz CT molecular complexity index is 558. The van der Waals surface area contributed by atoms with Gasteiger partial charge in [0.15, 0.2) is 0 Å². The van der Waals surface area contributed by atoms with Crippen LogP contribution in [0.1, 0.15) is 25.7 Å². The minimum atomic E-state index is -0.320. The summed E-state index contributed by atoms with van der Waals surface area (Å²) in [6.07, 6.45) is 1.18. The Morgan fingerprint density at radius 1 is 1.17 bits per heavy atom. The summed E-state index contributed by atoms with van der Waals surface area (Å²) in [5.41, 5.74) is 0. The lowest BCUT2D eigenvalue weighted by Gasteiger charge is -2.13. The van der Waals surface area contributed by atoms with Gasteiger partial charge in [-0.05, 0) is 30.7 Å². The number of benzene rings is 1. The molecule has 2 rings (SSSR count). The number of hydrogen-bond donors (Lipinski definition) is 1. The number of likely N-dealkylation sites (tertiary alicyclic amines) is 1. The van der Waals surface area contributed by atoms with E-state index < -0.39 is 0 Å². The van der Waals surface area contributed by atoms with Crippen molar-refractivity contribution in [2.75, 3.05) is 19.7 Å². The van der Waals surface area contributed by atoms with Crippen LogP contribution in [0.25, 0.3) is 0 Å². The van der Waals surface area contributed by atoms with Crippen LogP contribution in [0.2, 0.25) is 0 Å². The molecule has 23 heavy (non-hydrogen) atoms. The van der Waals surface area contributed by atoms with E-state index in [9.17, 15) is 18.8 Å². The quantitative estimate of drug-likeness (QED) is 0.577. The van der Waals surface area contributed by atoms with Crippen molar-refractivity contribution in [1.29, 1.82) is 0 Å². The standard InChI is InChI=1S/C16H19FN2O4/c17-12-2-4-13(5-3-12)23-11-1-9-18-14(20)8-10-19-15(21)6-7-16(19)22/h2-5H,1,6-11H2,(H,18,20). The Balaban J connectivity index is 1.55. The van der Waals surface area contributed by atoms with Gasteiger partial charge in [0.2, 0.25) is 17.7 Å². The molecular weight excluding hydrogens is 303 g/mol. The predicted octanol–water partition coefficient (Wildman–Crippen LogP) is 1.25. The third-order valence-electron chi connectivity index (χ3n) is 3.44. The monoisotopic (exact) mass is 322 g/mol. The molecule has 7 heteroatoms. The van der Waals surface area contributed by atoms with Crippen LogP contribution in [-0.2, 0) is 14.4 Å². The Labute approximate surface area is 133 Å². The molecule has 1 aliphatic heterocycles. The molecule has 1 saturated heterocycles. The number of ether oxygens (including phenoxy) is 1. The molecular formula is C16H19FN2O4. The van der Waals surface area contributed by atoms with Gasteiger partial charge in [0.1, 0.15) is 11.6 Å². The maximum Gasteiger partial charge on any atom is 0.229 e. The van der Waals surface area contributed by atoms with E-state index in [0.717, 1.165) is 4.90 Å². The third-order valence-corrected chi connectivity index (χ3v) is 3.44. The molecule has 0 saturated carbocycles. The molecule has 1 aromatic carbocycles. The summed E-state index contributed by atoms with van der Waals surface area (Å²) in [7, 11) is 0. The van der Waals surface area contributed by atoms with E-state index in [-0.39, 0.29) is 49.3 Å². The number of nitrogens with one attached hydrogen (secondary N) is 1. The van der Waals surface area contributed by atoms with Crippen LogP contribution in [0.5, 0.6) is 5.75 Å². The van der Waals surface area contributed by atoms with Gasteiger partial charge in [-0.1, -0.05) is 0 Å². The van der Waals surface area contributed by atoms with Crippen molar-refractivity contribution < 1.29 is 23.5 Å². The SMILES string of the molecule is O=C(CCN1C(=O)CCC1=O)NCCCOc1ccc(F)cc1. The van der Waals surface area contributed by atoms with Crippen molar-refractivity contribution in [2.24, 2.45) is 0 Å². The molecule has 0 atom stereocenters. The zero-order valence-electron chi connectivity index (χ0n) is 12.7. The van der Waals surface area contributed by atoms with E-state index in [1.54, 1.807) is 0 Å². The lowest BCUT2D eigenvalue weighted by molar-refractivity contribution is -0.138. The zero-order valence-corrected chi connectivity index (χ0v) is 12.7. The summed E-state index contributed by atoms with van der Waals surface area (Å²) in [6.45, 7) is 0.965. The molecule has 6 nitrogen and oxygen atoms in total. The fraction of sp³-hybridized carbons (Fsp3) is 0.438. The molecule has 0 aliphatic carbocycles. The van der Waals surface area contributed by atoms with E-state index in [1.807, 2.05) is 0 Å². The molecule has 124 valence electrons. The molecule has 0 unspecified atom stereocenters. The first-order valence-corrected chi connectivity index (χ1v) is 7.54. The van der Waals surface area contributed by atoms with Crippen molar-refractivity contribution in [2.45, 2.75) is 25.7 Å². The lowest BCUT2D eigenvalue weighted by Crippen LogP contribution is -2.34. The Morgan fingerprint density at radius 2 is 1.83 bits per heavy atom. The smallest absolute Gasteiger partial charge is 0.229 e. The average molecular weight is 322 g/mol. The molecule has 0 aromatic heterocycles. The number of imide groups is 1. The molecule has 0 bridgehead atoms. The maximum atomic E-state index is 12.7. The van der Waals surface area contributed by atoms with E-state index in [1.165, 1.54) is 24.3 Å². The highest BCUT2D eigenvalue weighted by molar-refractivity contribution is 6.02. The number of hydrogen-bond acceptors (Lipinski definition) is 4. The van der Waals surface area contributed by atoms with Crippen molar-refractivity contribution in [1.82, 2.24) is 10.2 Å². The third kappa shape index (κ3) is 5.36. The van der Waals surface area contributed by atoms with Crippen LogP contribution in [0, 0.1) is 5.82 Å². The van der Waals surface area contributed by atoms with E-state index in [0.29, 0.717) is 25.3 Å². The highest BCUT2D eigenvalue weighted by atomic mass is 19.1. The minimum absolute atomic E-state index is 0.107. The molecule has 1 heterocycles. The largest absolute Gasteiger partial charge is 0.494 e. The van der Waals surface area contributed by atoms with Gasteiger partial charge in [0.05, 0.1) is 6.61 Å². The van der Waals surface area contributed by atoms with Crippen molar-refractivity contribution >= 4 is 17.7 Å². The van der Waals surface area contributed by atoms with Gasteiger partial charge in [-0.3, -0.25) is 19.3 Å². The maximum absolute atomic E-state index is 12.7. The number of nitrogens with zero attached hydrogens (tertiary/aromatic N) is 1. The van der Waals surface area contributed by atoms with Crippen LogP contribution in [0.15, 0.2) is 24.3 Å². The average Bonchev–Trinajstić information content (AvgIpc) is 2.85. The summed E-state index contributed by atoms with van der Waals surface area (Å²) in [4.78, 5) is 35.5. The van der Waals surface area contributed by atoms with Crippen LogP contribution in [0.3, 0.4) is 0 Å². The van der Waals surface area contributed by atoms with Crippen molar-refractivity contribution in [3.63, 3.8) is 0 Å². The predicted molar refractivity (Wildman–Crippen MR) is 80.1 cm³/mol. The van der Waals surface area contributed by atoms with Crippen LogP contribution in [-0.4, -0.2) is 42.3 Å². The number of carbonyl (C=O) groups excluding carboxylic acids is 3. The Kier molecular flexibility index (Phi) is 6.08. The lowest BCUT2D eigenvalue weighted by atomic mass is 10.3. The van der Waals surface area contributed by atoms with Crippen LogP contribution in [0.4, 0.5) is 4.39 Å². The minimum Gasteiger partial charge on any atom is -0.494 e. The molecule has 1 aromatic rings. The van der Waals surface area contributed by atoms with Gasteiger partial charge in [0, 0.05) is 32.4 Å². The van der Waals surface area contributed by atoms with E-state index in [4.69, 9.17) is 4.74 Å². The molecule has 1 N–H and O–H groups in total. The van der Waals surface area contributed by atoms with Gasteiger partial charge >= 0.3 is 0 Å². The molecule has 1 fully saturated rings. The van der Waals surface area contributed by atoms with E-state index in [2.05, 4.69) is 5.32 Å². The first-order chi connectivity index (χ1) is 11.1. The normalized spacial score (nSPS) is 14.2. The van der Waals surface area contributed by atoms with Crippen molar-refractivity contribution in [3.05, 3.63) is 30.1 Å². The first kappa shape index (κ1) is 16.9. The Morgan fingerprint density at radius 3 is 2.48 bits per heavy atom. The van der Waals surface area contributed by atoms with Crippen LogP contribution < -0.4 is 10.1 Å². The molecule has 0 radical (unpaired) electrons. The topological polar surface area (TPSA) is 75.7 Å². The number of carbonyl (C=O) groups is 3. The first-order valence-electron chi connectivity index (χ1n) is 7.54. The highest BCUT2D eigenvalue weighted by Crippen LogP contribution is 2.12.